The molecule has 23 heavy (non-hydrogen) atoms. The first-order valence-corrected chi connectivity index (χ1v) is 9.52. The van der Waals surface area contributed by atoms with E-state index >= 15 is 0 Å². The molecule has 0 spiro atoms. The topological polar surface area (TPSA) is 26.3 Å². The van der Waals surface area contributed by atoms with Crippen molar-refractivity contribution in [1.29, 1.82) is 0 Å². The van der Waals surface area contributed by atoms with Crippen LogP contribution >= 0.6 is 23.5 Å². The van der Waals surface area contributed by atoms with Crippen LogP contribution < -0.4 is 0 Å². The van der Waals surface area contributed by atoms with Gasteiger partial charge in [-0.15, -0.1) is 23.5 Å². The second-order valence-corrected chi connectivity index (χ2v) is 6.65. The lowest BCUT2D eigenvalue weighted by atomic mass is 10.2. The predicted octanol–water partition coefficient (Wildman–Crippen LogP) is 5.26. The van der Waals surface area contributed by atoms with E-state index in [1.165, 1.54) is 22.9 Å². The first-order chi connectivity index (χ1) is 11.3. The summed E-state index contributed by atoms with van der Waals surface area (Å²) in [5.74, 6) is 1.36. The van der Waals surface area contributed by atoms with Crippen LogP contribution in [0.2, 0.25) is 0 Å². The Kier molecular flexibility index (Phi) is 7.84. The zero-order valence-corrected chi connectivity index (χ0v) is 14.7. The molecular formula is C19H20O2S2. The van der Waals surface area contributed by atoms with Crippen molar-refractivity contribution in [3.05, 3.63) is 82.1 Å². The molecule has 2 aromatic carbocycles. The highest BCUT2D eigenvalue weighted by Crippen LogP contribution is 2.26. The molecule has 0 radical (unpaired) electrons. The predicted molar refractivity (Wildman–Crippen MR) is 100 cm³/mol. The molecule has 0 saturated carbocycles. The van der Waals surface area contributed by atoms with Gasteiger partial charge in [-0.2, -0.15) is 0 Å². The first-order valence-electron chi connectivity index (χ1n) is 7.49. The van der Waals surface area contributed by atoms with E-state index in [2.05, 4.69) is 24.3 Å². The Labute approximate surface area is 146 Å². The van der Waals surface area contributed by atoms with Gasteiger partial charge >= 0.3 is 5.97 Å². The lowest BCUT2D eigenvalue weighted by Crippen LogP contribution is -2.05. The minimum atomic E-state index is -0.242. The van der Waals surface area contributed by atoms with Crippen LogP contribution in [-0.2, 0) is 21.0 Å². The minimum Gasteiger partial charge on any atom is -0.462 e. The fraction of sp³-hybridized carbons (Fsp3) is 0.211. The van der Waals surface area contributed by atoms with Crippen molar-refractivity contribution < 1.29 is 9.53 Å². The molecule has 120 valence electrons. The Balaban J connectivity index is 1.95. The van der Waals surface area contributed by atoms with E-state index in [1.807, 2.05) is 48.7 Å². The number of carbonyl (C=O) groups excluding carboxylic acids is 1. The van der Waals surface area contributed by atoms with E-state index in [-0.39, 0.29) is 5.97 Å². The van der Waals surface area contributed by atoms with Gasteiger partial charge in [-0.1, -0.05) is 60.7 Å². The average molecular weight is 345 g/mol. The summed E-state index contributed by atoms with van der Waals surface area (Å²) in [7, 11) is 0. The van der Waals surface area contributed by atoms with Crippen molar-refractivity contribution >= 4 is 29.5 Å². The number of esters is 1. The molecule has 2 rings (SSSR count). The maximum atomic E-state index is 12.1. The molecule has 0 unspecified atom stereocenters. The van der Waals surface area contributed by atoms with Gasteiger partial charge in [0.2, 0.25) is 0 Å². The molecule has 0 atom stereocenters. The van der Waals surface area contributed by atoms with Crippen LogP contribution in [0, 0.1) is 0 Å². The standard InChI is InChI=1S/C19H20O2S2/c1-2-21-19(20)18(23-14-17-11-7-4-8-12-17)15-22-13-16-9-5-3-6-10-16/h3-12,15H,2,13-14H2,1H3. The Morgan fingerprint density at radius 3 is 2.09 bits per heavy atom. The Morgan fingerprint density at radius 2 is 1.52 bits per heavy atom. The summed E-state index contributed by atoms with van der Waals surface area (Å²) < 4.78 is 5.15. The SMILES string of the molecule is CCOC(=O)C(=CSCc1ccccc1)SCc1ccccc1. The molecule has 0 bridgehead atoms. The number of carbonyl (C=O) groups is 1. The third-order valence-electron chi connectivity index (χ3n) is 3.00. The van der Waals surface area contributed by atoms with Gasteiger partial charge in [0.15, 0.2) is 0 Å². The zero-order valence-electron chi connectivity index (χ0n) is 13.1. The molecule has 0 aliphatic rings. The van der Waals surface area contributed by atoms with Crippen LogP contribution in [0.4, 0.5) is 0 Å². The summed E-state index contributed by atoms with van der Waals surface area (Å²) in [4.78, 5) is 12.7. The van der Waals surface area contributed by atoms with Crippen molar-refractivity contribution in [3.8, 4) is 0 Å². The Morgan fingerprint density at radius 1 is 0.957 bits per heavy atom. The maximum Gasteiger partial charge on any atom is 0.345 e. The summed E-state index contributed by atoms with van der Waals surface area (Å²) in [6.07, 6.45) is 0. The van der Waals surface area contributed by atoms with Gasteiger partial charge < -0.3 is 4.74 Å². The molecule has 0 aromatic heterocycles. The third-order valence-corrected chi connectivity index (χ3v) is 5.12. The first kappa shape index (κ1) is 17.7. The normalized spacial score (nSPS) is 11.3. The second kappa shape index (κ2) is 10.2. The molecule has 0 aliphatic carbocycles. The van der Waals surface area contributed by atoms with E-state index in [0.29, 0.717) is 11.5 Å². The quantitative estimate of drug-likeness (QED) is 0.482. The molecule has 0 heterocycles. The number of rotatable bonds is 8. The van der Waals surface area contributed by atoms with Crippen LogP contribution in [0.15, 0.2) is 71.0 Å². The maximum absolute atomic E-state index is 12.1. The lowest BCUT2D eigenvalue weighted by Gasteiger charge is -2.07. The highest BCUT2D eigenvalue weighted by molar-refractivity contribution is 8.06. The summed E-state index contributed by atoms with van der Waals surface area (Å²) in [5.41, 5.74) is 2.44. The van der Waals surface area contributed by atoms with Gasteiger partial charge in [-0.3, -0.25) is 0 Å². The van der Waals surface area contributed by atoms with Gasteiger partial charge in [-0.25, -0.2) is 4.79 Å². The lowest BCUT2D eigenvalue weighted by molar-refractivity contribution is -0.137. The minimum absolute atomic E-state index is 0.242. The molecule has 2 aromatic rings. The number of ether oxygens (including phenoxy) is 1. The number of hydrogen-bond donors (Lipinski definition) is 0. The fourth-order valence-corrected chi connectivity index (χ4v) is 3.75. The van der Waals surface area contributed by atoms with Crippen molar-refractivity contribution in [2.24, 2.45) is 0 Å². The second-order valence-electron chi connectivity index (χ2n) is 4.77. The molecular weight excluding hydrogens is 324 g/mol. The van der Waals surface area contributed by atoms with E-state index < -0.39 is 0 Å². The van der Waals surface area contributed by atoms with Crippen LogP contribution in [0.25, 0.3) is 0 Å². The van der Waals surface area contributed by atoms with Crippen molar-refractivity contribution in [3.63, 3.8) is 0 Å². The van der Waals surface area contributed by atoms with Gasteiger partial charge in [0.1, 0.15) is 0 Å². The molecule has 4 heteroatoms. The van der Waals surface area contributed by atoms with E-state index in [9.17, 15) is 4.79 Å². The van der Waals surface area contributed by atoms with Crippen molar-refractivity contribution in [2.75, 3.05) is 6.61 Å². The Hall–Kier alpha value is -1.65. The van der Waals surface area contributed by atoms with E-state index in [1.54, 1.807) is 11.8 Å². The van der Waals surface area contributed by atoms with Crippen LogP contribution in [0.5, 0.6) is 0 Å². The molecule has 0 fully saturated rings. The average Bonchev–Trinajstić information content (AvgIpc) is 2.60. The van der Waals surface area contributed by atoms with Crippen LogP contribution in [0.1, 0.15) is 18.1 Å². The summed E-state index contributed by atoms with van der Waals surface area (Å²) in [6.45, 7) is 2.22. The fourth-order valence-electron chi connectivity index (χ4n) is 1.87. The summed E-state index contributed by atoms with van der Waals surface area (Å²) in [5, 5.41) is 1.92. The largest absolute Gasteiger partial charge is 0.462 e. The van der Waals surface area contributed by atoms with Crippen molar-refractivity contribution in [2.45, 2.75) is 18.4 Å². The molecule has 0 saturated heterocycles. The molecule has 2 nitrogen and oxygen atoms in total. The third kappa shape index (κ3) is 6.55. The van der Waals surface area contributed by atoms with E-state index in [0.717, 1.165) is 11.5 Å². The highest BCUT2D eigenvalue weighted by atomic mass is 32.2. The summed E-state index contributed by atoms with van der Waals surface area (Å²) >= 11 is 3.14. The molecule has 0 aliphatic heterocycles. The van der Waals surface area contributed by atoms with Crippen molar-refractivity contribution in [1.82, 2.24) is 0 Å². The Bertz CT molecular complexity index is 624. The van der Waals surface area contributed by atoms with E-state index in [4.69, 9.17) is 4.74 Å². The van der Waals surface area contributed by atoms with Gasteiger partial charge in [0, 0.05) is 11.5 Å². The van der Waals surface area contributed by atoms with Crippen LogP contribution in [0.3, 0.4) is 0 Å². The zero-order chi connectivity index (χ0) is 16.3. The van der Waals surface area contributed by atoms with Gasteiger partial charge in [0.05, 0.1) is 11.5 Å². The summed E-state index contributed by atoms with van der Waals surface area (Å²) in [6, 6.07) is 20.4. The van der Waals surface area contributed by atoms with Gasteiger partial charge in [0.25, 0.3) is 0 Å². The monoisotopic (exact) mass is 344 g/mol. The highest BCUT2D eigenvalue weighted by Gasteiger charge is 2.11. The number of benzene rings is 2. The van der Waals surface area contributed by atoms with Gasteiger partial charge in [-0.05, 0) is 23.5 Å². The molecule has 0 amide bonds. The number of hydrogen-bond acceptors (Lipinski definition) is 4. The smallest absolute Gasteiger partial charge is 0.345 e. The van der Waals surface area contributed by atoms with Crippen LogP contribution in [-0.4, -0.2) is 12.6 Å². The number of thioether (sulfide) groups is 2. The molecule has 0 N–H and O–H groups in total.